The molecule has 134 valence electrons. The fraction of sp³-hybridized carbons (Fsp3) is 0.500. The smallest absolute Gasteiger partial charge is 0.254 e. The molecule has 0 spiro atoms. The number of allylic oxidation sites excluding steroid dienone is 2. The highest BCUT2D eigenvalue weighted by Crippen LogP contribution is 2.46. The third-order valence-electron chi connectivity index (χ3n) is 4.89. The summed E-state index contributed by atoms with van der Waals surface area (Å²) < 4.78 is 11.8. The van der Waals surface area contributed by atoms with Gasteiger partial charge in [0.2, 0.25) is 0 Å². The second-order valence-corrected chi connectivity index (χ2v) is 7.49. The molecule has 25 heavy (non-hydrogen) atoms. The van der Waals surface area contributed by atoms with Gasteiger partial charge in [0.05, 0.1) is 19.2 Å². The van der Waals surface area contributed by atoms with Crippen LogP contribution in [0.5, 0.6) is 11.5 Å². The molecule has 5 heteroatoms. The Hall–Kier alpha value is -2.30. The van der Waals surface area contributed by atoms with Gasteiger partial charge in [-0.1, -0.05) is 5.57 Å². The predicted molar refractivity (Wildman–Crippen MR) is 95.2 cm³/mol. The highest BCUT2D eigenvalue weighted by molar-refractivity contribution is 6.00. The number of nitrogens with zero attached hydrogens (tertiary/aromatic N) is 1. The van der Waals surface area contributed by atoms with Gasteiger partial charge in [0, 0.05) is 24.6 Å². The fourth-order valence-corrected chi connectivity index (χ4v) is 3.68. The van der Waals surface area contributed by atoms with E-state index < -0.39 is 5.60 Å². The van der Waals surface area contributed by atoms with E-state index in [-0.39, 0.29) is 11.7 Å². The Balaban J connectivity index is 1.99. The van der Waals surface area contributed by atoms with Crippen LogP contribution in [0.15, 0.2) is 17.7 Å². The minimum absolute atomic E-state index is 0.0207. The zero-order chi connectivity index (χ0) is 18.4. The number of hydrogen-bond donors (Lipinski definition) is 0. The zero-order valence-corrected chi connectivity index (χ0v) is 15.6. The summed E-state index contributed by atoms with van der Waals surface area (Å²) in [5.74, 6) is 1.46. The van der Waals surface area contributed by atoms with E-state index in [1.807, 2.05) is 26.8 Å². The molecule has 1 aromatic carbocycles. The first-order valence-electron chi connectivity index (χ1n) is 8.59. The summed E-state index contributed by atoms with van der Waals surface area (Å²) in [6.45, 7) is 6.32. The highest BCUT2D eigenvalue weighted by atomic mass is 16.5. The Morgan fingerprint density at radius 2 is 2.12 bits per heavy atom. The van der Waals surface area contributed by atoms with Crippen molar-refractivity contribution >= 4 is 11.7 Å². The minimum Gasteiger partial charge on any atom is -0.496 e. The van der Waals surface area contributed by atoms with Crippen molar-refractivity contribution in [1.82, 2.24) is 4.90 Å². The van der Waals surface area contributed by atoms with Crippen molar-refractivity contribution in [2.24, 2.45) is 0 Å². The standard InChI is InChI=1S/C20H25NO4/c1-12(2)8-13(22)10-20(3)7-6-14-17(24-5)9-15-16(18(14)25-20)11-21(4)19(15)23/h8-9H,6-7,10-11H2,1-5H3. The molecule has 0 bridgehead atoms. The Bertz CT molecular complexity index is 776. The maximum atomic E-state index is 12.4. The lowest BCUT2D eigenvalue weighted by atomic mass is 9.86. The molecule has 0 radical (unpaired) electrons. The van der Waals surface area contributed by atoms with Crippen LogP contribution in [0.3, 0.4) is 0 Å². The molecule has 5 nitrogen and oxygen atoms in total. The Morgan fingerprint density at radius 1 is 1.40 bits per heavy atom. The van der Waals surface area contributed by atoms with E-state index in [0.717, 1.165) is 35.3 Å². The summed E-state index contributed by atoms with van der Waals surface area (Å²) in [7, 11) is 3.39. The third-order valence-corrected chi connectivity index (χ3v) is 4.89. The van der Waals surface area contributed by atoms with Crippen LogP contribution in [0.25, 0.3) is 0 Å². The lowest BCUT2D eigenvalue weighted by molar-refractivity contribution is -0.118. The van der Waals surface area contributed by atoms with Crippen LogP contribution in [0.1, 0.15) is 55.1 Å². The van der Waals surface area contributed by atoms with Gasteiger partial charge in [-0.3, -0.25) is 9.59 Å². The number of fused-ring (bicyclic) bond motifs is 3. The first-order valence-corrected chi connectivity index (χ1v) is 8.59. The van der Waals surface area contributed by atoms with Crippen LogP contribution in [0.2, 0.25) is 0 Å². The van der Waals surface area contributed by atoms with Crippen LogP contribution in [-0.2, 0) is 17.8 Å². The van der Waals surface area contributed by atoms with Crippen LogP contribution in [-0.4, -0.2) is 36.3 Å². The number of carbonyl (C=O) groups excluding carboxylic acids is 2. The molecule has 1 unspecified atom stereocenters. The molecule has 2 aliphatic heterocycles. The number of rotatable bonds is 4. The molecule has 0 aromatic heterocycles. The molecule has 1 aromatic rings. The lowest BCUT2D eigenvalue weighted by Gasteiger charge is -2.36. The Kier molecular flexibility index (Phi) is 4.35. The SMILES string of the molecule is COc1cc2c(c3c1CCC(C)(CC(=O)C=C(C)C)O3)CN(C)C2=O. The lowest BCUT2D eigenvalue weighted by Crippen LogP contribution is -2.39. The average Bonchev–Trinajstić information content (AvgIpc) is 2.80. The number of ketones is 1. The van der Waals surface area contributed by atoms with Gasteiger partial charge in [-0.25, -0.2) is 0 Å². The third kappa shape index (κ3) is 3.15. The van der Waals surface area contributed by atoms with Gasteiger partial charge in [0.25, 0.3) is 5.91 Å². The summed E-state index contributed by atoms with van der Waals surface area (Å²) in [6, 6.07) is 1.82. The summed E-state index contributed by atoms with van der Waals surface area (Å²) in [5, 5.41) is 0. The average molecular weight is 343 g/mol. The molecule has 2 heterocycles. The monoisotopic (exact) mass is 343 g/mol. The second kappa shape index (κ2) is 6.21. The van der Waals surface area contributed by atoms with Crippen molar-refractivity contribution in [2.45, 2.75) is 52.2 Å². The van der Waals surface area contributed by atoms with E-state index in [2.05, 4.69) is 0 Å². The number of ether oxygens (including phenoxy) is 2. The summed E-state index contributed by atoms with van der Waals surface area (Å²) in [4.78, 5) is 26.3. The normalized spacial score (nSPS) is 21.3. The molecule has 3 rings (SSSR count). The number of hydrogen-bond acceptors (Lipinski definition) is 4. The first kappa shape index (κ1) is 17.5. The van der Waals surface area contributed by atoms with Gasteiger partial charge in [-0.2, -0.15) is 0 Å². The maximum absolute atomic E-state index is 12.4. The van der Waals surface area contributed by atoms with Crippen molar-refractivity contribution in [1.29, 1.82) is 0 Å². The van der Waals surface area contributed by atoms with Crippen LogP contribution in [0, 0.1) is 0 Å². The Morgan fingerprint density at radius 3 is 2.76 bits per heavy atom. The molecule has 0 fully saturated rings. The number of carbonyl (C=O) groups is 2. The van der Waals surface area contributed by atoms with Crippen molar-refractivity contribution < 1.29 is 19.1 Å². The summed E-state index contributed by atoms with van der Waals surface area (Å²) in [5.41, 5.74) is 2.96. The number of methoxy groups -OCH3 is 1. The van der Waals surface area contributed by atoms with E-state index in [4.69, 9.17) is 9.47 Å². The van der Waals surface area contributed by atoms with E-state index in [1.165, 1.54) is 0 Å². The molecule has 1 atom stereocenters. The number of amides is 1. The molecule has 0 saturated heterocycles. The molecule has 0 N–H and O–H groups in total. The van der Waals surface area contributed by atoms with Gasteiger partial charge in [-0.15, -0.1) is 0 Å². The van der Waals surface area contributed by atoms with E-state index in [0.29, 0.717) is 24.3 Å². The van der Waals surface area contributed by atoms with Crippen molar-refractivity contribution in [2.75, 3.05) is 14.2 Å². The van der Waals surface area contributed by atoms with Crippen LogP contribution >= 0.6 is 0 Å². The van der Waals surface area contributed by atoms with Gasteiger partial charge < -0.3 is 14.4 Å². The highest BCUT2D eigenvalue weighted by Gasteiger charge is 2.39. The zero-order valence-electron chi connectivity index (χ0n) is 15.6. The van der Waals surface area contributed by atoms with E-state index >= 15 is 0 Å². The molecular formula is C20H25NO4. The largest absolute Gasteiger partial charge is 0.496 e. The molecule has 2 aliphatic rings. The number of benzene rings is 1. The van der Waals surface area contributed by atoms with E-state index in [9.17, 15) is 9.59 Å². The van der Waals surface area contributed by atoms with Gasteiger partial charge >= 0.3 is 0 Å². The van der Waals surface area contributed by atoms with Crippen LogP contribution in [0.4, 0.5) is 0 Å². The van der Waals surface area contributed by atoms with Crippen molar-refractivity contribution in [3.8, 4) is 11.5 Å². The van der Waals surface area contributed by atoms with Gasteiger partial charge in [0.15, 0.2) is 5.78 Å². The molecular weight excluding hydrogens is 318 g/mol. The first-order chi connectivity index (χ1) is 11.7. The fourth-order valence-electron chi connectivity index (χ4n) is 3.68. The van der Waals surface area contributed by atoms with Gasteiger partial charge in [0.1, 0.15) is 17.1 Å². The quantitative estimate of drug-likeness (QED) is 0.787. The molecule has 1 amide bonds. The Labute approximate surface area is 148 Å². The van der Waals surface area contributed by atoms with Crippen molar-refractivity contribution in [3.63, 3.8) is 0 Å². The van der Waals surface area contributed by atoms with Crippen molar-refractivity contribution in [3.05, 3.63) is 34.4 Å². The maximum Gasteiger partial charge on any atom is 0.254 e. The van der Waals surface area contributed by atoms with E-state index in [1.54, 1.807) is 25.1 Å². The van der Waals surface area contributed by atoms with Gasteiger partial charge in [-0.05, 0) is 45.8 Å². The summed E-state index contributed by atoms with van der Waals surface area (Å²) >= 11 is 0. The minimum atomic E-state index is -0.569. The molecule has 0 aliphatic carbocycles. The second-order valence-electron chi connectivity index (χ2n) is 7.49. The van der Waals surface area contributed by atoms with Crippen LogP contribution < -0.4 is 9.47 Å². The molecule has 0 saturated carbocycles. The summed E-state index contributed by atoms with van der Waals surface area (Å²) in [6.07, 6.45) is 3.49. The predicted octanol–water partition coefficient (Wildman–Crippen LogP) is 3.29. The topological polar surface area (TPSA) is 55.8 Å².